The van der Waals surface area contributed by atoms with Crippen LogP contribution in [0.1, 0.15) is 51.4 Å². The summed E-state index contributed by atoms with van der Waals surface area (Å²) < 4.78 is 0. The van der Waals surface area contributed by atoms with Crippen molar-refractivity contribution in [2.45, 2.75) is 63.5 Å². The van der Waals surface area contributed by atoms with Crippen LogP contribution in [0, 0.1) is 5.92 Å². The first kappa shape index (κ1) is 14.3. The molecule has 1 aliphatic carbocycles. The van der Waals surface area contributed by atoms with E-state index in [4.69, 9.17) is 5.73 Å². The van der Waals surface area contributed by atoms with Gasteiger partial charge in [-0.2, -0.15) is 0 Å². The van der Waals surface area contributed by atoms with E-state index in [9.17, 15) is 14.7 Å². The summed E-state index contributed by atoms with van der Waals surface area (Å²) in [6.07, 6.45) is 6.98. The van der Waals surface area contributed by atoms with Gasteiger partial charge in [0.2, 0.25) is 5.91 Å². The molecule has 2 fully saturated rings. The number of carbonyl (C=O) groups is 2. The minimum absolute atomic E-state index is 0.00949. The van der Waals surface area contributed by atoms with Gasteiger partial charge < -0.3 is 15.7 Å². The molecule has 3 unspecified atom stereocenters. The van der Waals surface area contributed by atoms with Crippen LogP contribution < -0.4 is 5.73 Å². The van der Waals surface area contributed by atoms with E-state index in [2.05, 4.69) is 0 Å². The predicted molar refractivity (Wildman–Crippen MR) is 71.5 cm³/mol. The smallest absolute Gasteiger partial charge is 0.326 e. The number of nitrogens with zero attached hydrogens (tertiary/aromatic N) is 1. The molecule has 5 nitrogen and oxygen atoms in total. The molecule has 0 bridgehead atoms. The molecule has 0 aromatic carbocycles. The highest BCUT2D eigenvalue weighted by Crippen LogP contribution is 2.40. The van der Waals surface area contributed by atoms with Crippen LogP contribution in [0.2, 0.25) is 0 Å². The zero-order valence-corrected chi connectivity index (χ0v) is 11.4. The number of carbonyl (C=O) groups excluding carboxylic acids is 1. The van der Waals surface area contributed by atoms with Gasteiger partial charge in [0.1, 0.15) is 6.04 Å². The van der Waals surface area contributed by atoms with Crippen LogP contribution in [0.5, 0.6) is 0 Å². The van der Waals surface area contributed by atoms with Gasteiger partial charge in [-0.3, -0.25) is 4.79 Å². The van der Waals surface area contributed by atoms with Crippen LogP contribution in [0.3, 0.4) is 0 Å². The van der Waals surface area contributed by atoms with Crippen molar-refractivity contribution in [3.63, 3.8) is 0 Å². The van der Waals surface area contributed by atoms with Crippen molar-refractivity contribution < 1.29 is 14.7 Å². The van der Waals surface area contributed by atoms with E-state index in [-0.39, 0.29) is 11.9 Å². The predicted octanol–water partition coefficient (Wildman–Crippen LogP) is 1.36. The van der Waals surface area contributed by atoms with Gasteiger partial charge in [0.15, 0.2) is 0 Å². The summed E-state index contributed by atoms with van der Waals surface area (Å²) in [6.45, 7) is 0.585. The van der Waals surface area contributed by atoms with E-state index >= 15 is 0 Å². The molecule has 2 aliphatic rings. The molecule has 0 radical (unpaired) electrons. The second-order valence-corrected chi connectivity index (χ2v) is 5.75. The number of likely N-dealkylation sites (tertiary alicyclic amines) is 1. The van der Waals surface area contributed by atoms with Gasteiger partial charge in [0.25, 0.3) is 0 Å². The van der Waals surface area contributed by atoms with Crippen molar-refractivity contribution in [2.24, 2.45) is 11.7 Å². The van der Waals surface area contributed by atoms with E-state index in [0.717, 1.165) is 32.1 Å². The molecule has 2 rings (SSSR count). The molecule has 5 heteroatoms. The quantitative estimate of drug-likeness (QED) is 0.737. The van der Waals surface area contributed by atoms with Gasteiger partial charge in [-0.15, -0.1) is 0 Å². The Kier molecular flexibility index (Phi) is 4.80. The number of carboxylic acids is 1. The average Bonchev–Trinajstić information content (AvgIpc) is 2.78. The molecule has 0 spiro atoms. The maximum atomic E-state index is 12.3. The van der Waals surface area contributed by atoms with Gasteiger partial charge in [-0.1, -0.05) is 12.8 Å². The minimum Gasteiger partial charge on any atom is -0.480 e. The molecule has 3 N–H and O–H groups in total. The van der Waals surface area contributed by atoms with Gasteiger partial charge in [0.05, 0.1) is 0 Å². The Hall–Kier alpha value is -1.10. The Balaban J connectivity index is 2.04. The SMILES string of the molecule is NCCCCC(=O)N1C(C(=O)O)CC2CCCCC21. The number of hydrogen-bond acceptors (Lipinski definition) is 3. The first-order valence-electron chi connectivity index (χ1n) is 7.39. The van der Waals surface area contributed by atoms with Crippen LogP contribution in [0.4, 0.5) is 0 Å². The summed E-state index contributed by atoms with van der Waals surface area (Å²) in [7, 11) is 0. The Morgan fingerprint density at radius 3 is 2.63 bits per heavy atom. The second-order valence-electron chi connectivity index (χ2n) is 5.75. The summed E-state index contributed by atoms with van der Waals surface area (Å²) in [5, 5.41) is 9.34. The summed E-state index contributed by atoms with van der Waals surface area (Å²) >= 11 is 0. The summed E-state index contributed by atoms with van der Waals surface area (Å²) in [4.78, 5) is 25.4. The topological polar surface area (TPSA) is 83.6 Å². The zero-order valence-electron chi connectivity index (χ0n) is 11.4. The molecular weight excluding hydrogens is 244 g/mol. The fourth-order valence-corrected chi connectivity index (χ4v) is 3.59. The summed E-state index contributed by atoms with van der Waals surface area (Å²) in [6, 6.07) is -0.432. The number of aliphatic carboxylic acids is 1. The average molecular weight is 268 g/mol. The molecule has 1 saturated heterocycles. The normalized spacial score (nSPS) is 30.2. The standard InChI is InChI=1S/C14H24N2O3/c15-8-4-3-7-13(17)16-11-6-2-1-5-10(11)9-12(16)14(18)19/h10-12H,1-9,15H2,(H,18,19). The second kappa shape index (κ2) is 6.37. The Labute approximate surface area is 114 Å². The van der Waals surface area contributed by atoms with E-state index in [1.807, 2.05) is 0 Å². The van der Waals surface area contributed by atoms with Gasteiger partial charge in [-0.05, 0) is 44.6 Å². The Morgan fingerprint density at radius 2 is 1.95 bits per heavy atom. The highest BCUT2D eigenvalue weighted by Gasteiger charge is 2.47. The molecule has 0 aromatic rings. The van der Waals surface area contributed by atoms with Crippen molar-refractivity contribution >= 4 is 11.9 Å². The fourth-order valence-electron chi connectivity index (χ4n) is 3.59. The molecule has 108 valence electrons. The van der Waals surface area contributed by atoms with Crippen molar-refractivity contribution in [3.05, 3.63) is 0 Å². The number of unbranched alkanes of at least 4 members (excludes halogenated alkanes) is 1. The van der Waals surface area contributed by atoms with E-state index in [1.54, 1.807) is 4.90 Å². The van der Waals surface area contributed by atoms with Crippen molar-refractivity contribution in [1.82, 2.24) is 4.90 Å². The van der Waals surface area contributed by atoms with Gasteiger partial charge in [-0.25, -0.2) is 4.79 Å². The Morgan fingerprint density at radius 1 is 1.21 bits per heavy atom. The molecular formula is C14H24N2O3. The van der Waals surface area contributed by atoms with Crippen LogP contribution in [-0.2, 0) is 9.59 Å². The molecule has 1 heterocycles. The summed E-state index contributed by atoms with van der Waals surface area (Å²) in [5.74, 6) is -0.440. The number of hydrogen-bond donors (Lipinski definition) is 2. The molecule has 0 aromatic heterocycles. The lowest BCUT2D eigenvalue weighted by molar-refractivity contribution is -0.149. The molecule has 1 amide bonds. The third kappa shape index (κ3) is 3.08. The maximum Gasteiger partial charge on any atom is 0.326 e. The van der Waals surface area contributed by atoms with Crippen molar-refractivity contribution in [2.75, 3.05) is 6.54 Å². The summed E-state index contributed by atoms with van der Waals surface area (Å²) in [5.41, 5.74) is 5.43. The third-order valence-electron chi connectivity index (χ3n) is 4.51. The monoisotopic (exact) mass is 268 g/mol. The van der Waals surface area contributed by atoms with Gasteiger partial charge >= 0.3 is 5.97 Å². The maximum absolute atomic E-state index is 12.3. The number of amides is 1. The molecule has 3 atom stereocenters. The lowest BCUT2D eigenvalue weighted by Gasteiger charge is -2.33. The van der Waals surface area contributed by atoms with E-state index < -0.39 is 12.0 Å². The van der Waals surface area contributed by atoms with Gasteiger partial charge in [0, 0.05) is 12.5 Å². The first-order chi connectivity index (χ1) is 9.15. The number of nitrogens with two attached hydrogens (primary N) is 1. The lowest BCUT2D eigenvalue weighted by Crippen LogP contribution is -2.46. The van der Waals surface area contributed by atoms with E-state index in [1.165, 1.54) is 6.42 Å². The molecule has 1 aliphatic heterocycles. The van der Waals surface area contributed by atoms with Crippen LogP contribution in [0.25, 0.3) is 0 Å². The van der Waals surface area contributed by atoms with Crippen LogP contribution >= 0.6 is 0 Å². The third-order valence-corrected chi connectivity index (χ3v) is 4.51. The van der Waals surface area contributed by atoms with E-state index in [0.29, 0.717) is 25.3 Å². The zero-order chi connectivity index (χ0) is 13.8. The van der Waals surface area contributed by atoms with Crippen LogP contribution in [-0.4, -0.2) is 40.5 Å². The van der Waals surface area contributed by atoms with Crippen LogP contribution in [0.15, 0.2) is 0 Å². The number of fused-ring (bicyclic) bond motifs is 1. The number of rotatable bonds is 5. The minimum atomic E-state index is -0.846. The highest BCUT2D eigenvalue weighted by molar-refractivity contribution is 5.84. The fraction of sp³-hybridized carbons (Fsp3) is 0.857. The van der Waals surface area contributed by atoms with Crippen molar-refractivity contribution in [1.29, 1.82) is 0 Å². The number of carboxylic acid groups (broad SMARTS) is 1. The Bertz CT molecular complexity index is 346. The largest absolute Gasteiger partial charge is 0.480 e. The highest BCUT2D eigenvalue weighted by atomic mass is 16.4. The molecule has 1 saturated carbocycles. The molecule has 19 heavy (non-hydrogen) atoms. The first-order valence-corrected chi connectivity index (χ1v) is 7.39. The van der Waals surface area contributed by atoms with Crippen molar-refractivity contribution in [3.8, 4) is 0 Å². The lowest BCUT2D eigenvalue weighted by atomic mass is 9.84.